The zero-order chi connectivity index (χ0) is 19.4. The molecule has 2 aromatic carbocycles. The molecule has 27 heavy (non-hydrogen) atoms. The summed E-state index contributed by atoms with van der Waals surface area (Å²) >= 11 is 0. The summed E-state index contributed by atoms with van der Waals surface area (Å²) in [4.78, 5) is 28.9. The van der Waals surface area contributed by atoms with E-state index >= 15 is 0 Å². The van der Waals surface area contributed by atoms with E-state index in [-0.39, 0.29) is 17.9 Å². The molecule has 1 aliphatic rings. The Bertz CT molecular complexity index is 789. The first-order valence-electron chi connectivity index (χ1n) is 9.36. The number of benzene rings is 2. The van der Waals surface area contributed by atoms with Gasteiger partial charge in [0.2, 0.25) is 0 Å². The Balaban J connectivity index is 1.57. The normalized spacial score (nSPS) is 14.4. The third-order valence-corrected chi connectivity index (χ3v) is 4.63. The fourth-order valence-corrected chi connectivity index (χ4v) is 3.12. The van der Waals surface area contributed by atoms with Crippen LogP contribution in [0.1, 0.15) is 40.1 Å². The molecule has 2 amide bonds. The zero-order valence-corrected chi connectivity index (χ0v) is 16.1. The van der Waals surface area contributed by atoms with E-state index in [0.717, 1.165) is 11.3 Å². The van der Waals surface area contributed by atoms with Crippen LogP contribution in [-0.2, 0) is 0 Å². The van der Waals surface area contributed by atoms with Crippen molar-refractivity contribution in [3.63, 3.8) is 0 Å². The van der Waals surface area contributed by atoms with Crippen LogP contribution in [0.3, 0.4) is 0 Å². The molecular formula is C22H26N2O3. The molecule has 1 heterocycles. The first-order chi connectivity index (χ1) is 12.9. The van der Waals surface area contributed by atoms with Crippen LogP contribution in [0.4, 0.5) is 0 Å². The zero-order valence-electron chi connectivity index (χ0n) is 16.1. The van der Waals surface area contributed by atoms with Crippen molar-refractivity contribution < 1.29 is 14.3 Å². The number of hydrogen-bond acceptors (Lipinski definition) is 3. The van der Waals surface area contributed by atoms with Crippen molar-refractivity contribution in [2.75, 3.05) is 26.2 Å². The van der Waals surface area contributed by atoms with Crippen molar-refractivity contribution in [1.29, 1.82) is 0 Å². The molecule has 142 valence electrons. The van der Waals surface area contributed by atoms with Gasteiger partial charge < -0.3 is 14.5 Å². The average molecular weight is 366 g/mol. The number of amides is 2. The van der Waals surface area contributed by atoms with Gasteiger partial charge in [0.05, 0.1) is 6.10 Å². The first kappa shape index (κ1) is 19.0. The number of ether oxygens (including phenoxy) is 1. The number of carbonyl (C=O) groups is 2. The molecule has 1 fully saturated rings. The SMILES string of the molecule is Cc1ccc(C(=O)N2CCN(C(=O)c3ccc(OC(C)C)cc3)CC2)cc1. The molecule has 0 radical (unpaired) electrons. The topological polar surface area (TPSA) is 49.9 Å². The lowest BCUT2D eigenvalue weighted by Crippen LogP contribution is -2.50. The Morgan fingerprint density at radius 1 is 0.778 bits per heavy atom. The van der Waals surface area contributed by atoms with Gasteiger partial charge in [0.15, 0.2) is 0 Å². The van der Waals surface area contributed by atoms with E-state index in [1.165, 1.54) is 0 Å². The summed E-state index contributed by atoms with van der Waals surface area (Å²) in [5, 5.41) is 0. The molecule has 1 saturated heterocycles. The lowest BCUT2D eigenvalue weighted by atomic mass is 10.1. The van der Waals surface area contributed by atoms with Crippen molar-refractivity contribution >= 4 is 11.8 Å². The number of nitrogens with zero attached hydrogens (tertiary/aromatic N) is 2. The molecule has 0 unspecified atom stereocenters. The number of hydrogen-bond donors (Lipinski definition) is 0. The molecule has 0 bridgehead atoms. The summed E-state index contributed by atoms with van der Waals surface area (Å²) in [6, 6.07) is 14.8. The maximum absolute atomic E-state index is 12.7. The molecule has 5 nitrogen and oxygen atoms in total. The Labute approximate surface area is 160 Å². The van der Waals surface area contributed by atoms with E-state index in [2.05, 4.69) is 0 Å². The van der Waals surface area contributed by atoms with Gasteiger partial charge >= 0.3 is 0 Å². The standard InChI is InChI=1S/C22H26N2O3/c1-16(2)27-20-10-8-19(9-11-20)22(26)24-14-12-23(13-15-24)21(25)18-6-4-17(3)5-7-18/h4-11,16H,12-15H2,1-3H3. The van der Waals surface area contributed by atoms with Crippen molar-refractivity contribution in [2.24, 2.45) is 0 Å². The van der Waals surface area contributed by atoms with E-state index in [1.807, 2.05) is 62.1 Å². The van der Waals surface area contributed by atoms with Crippen LogP contribution in [0.15, 0.2) is 48.5 Å². The van der Waals surface area contributed by atoms with Gasteiger partial charge in [0.1, 0.15) is 5.75 Å². The fraction of sp³-hybridized carbons (Fsp3) is 0.364. The molecular weight excluding hydrogens is 340 g/mol. The molecule has 2 aromatic rings. The van der Waals surface area contributed by atoms with Gasteiger partial charge in [-0.25, -0.2) is 0 Å². The minimum atomic E-state index is -0.00599. The summed E-state index contributed by atoms with van der Waals surface area (Å²) in [5.74, 6) is 0.779. The number of piperazine rings is 1. The highest BCUT2D eigenvalue weighted by Crippen LogP contribution is 2.17. The Morgan fingerprint density at radius 2 is 1.19 bits per heavy atom. The lowest BCUT2D eigenvalue weighted by Gasteiger charge is -2.35. The summed E-state index contributed by atoms with van der Waals surface area (Å²) < 4.78 is 5.62. The summed E-state index contributed by atoms with van der Waals surface area (Å²) in [6.45, 7) is 8.12. The van der Waals surface area contributed by atoms with Crippen LogP contribution < -0.4 is 4.74 Å². The third-order valence-electron chi connectivity index (χ3n) is 4.63. The fourth-order valence-electron chi connectivity index (χ4n) is 3.12. The molecule has 5 heteroatoms. The van der Waals surface area contributed by atoms with Crippen LogP contribution in [0.25, 0.3) is 0 Å². The molecule has 0 atom stereocenters. The highest BCUT2D eigenvalue weighted by molar-refractivity contribution is 5.96. The van der Waals surface area contributed by atoms with Gasteiger partial charge in [-0.1, -0.05) is 17.7 Å². The Hall–Kier alpha value is -2.82. The van der Waals surface area contributed by atoms with Crippen LogP contribution in [0.5, 0.6) is 5.75 Å². The lowest BCUT2D eigenvalue weighted by molar-refractivity contribution is 0.0535. The second kappa shape index (κ2) is 8.25. The highest BCUT2D eigenvalue weighted by Gasteiger charge is 2.25. The molecule has 0 saturated carbocycles. The van der Waals surface area contributed by atoms with Crippen LogP contribution >= 0.6 is 0 Å². The van der Waals surface area contributed by atoms with E-state index < -0.39 is 0 Å². The molecule has 1 aliphatic heterocycles. The van der Waals surface area contributed by atoms with Gasteiger partial charge in [-0.05, 0) is 57.2 Å². The molecule has 3 rings (SSSR count). The summed E-state index contributed by atoms with van der Waals surface area (Å²) in [7, 11) is 0. The molecule has 0 aliphatic carbocycles. The van der Waals surface area contributed by atoms with Crippen molar-refractivity contribution in [1.82, 2.24) is 9.80 Å². The highest BCUT2D eigenvalue weighted by atomic mass is 16.5. The minimum Gasteiger partial charge on any atom is -0.491 e. The number of aryl methyl sites for hydroxylation is 1. The predicted octanol–water partition coefficient (Wildman–Crippen LogP) is 3.38. The first-order valence-corrected chi connectivity index (χ1v) is 9.36. The van der Waals surface area contributed by atoms with E-state index in [9.17, 15) is 9.59 Å². The second-order valence-electron chi connectivity index (χ2n) is 7.14. The van der Waals surface area contributed by atoms with Gasteiger partial charge in [-0.15, -0.1) is 0 Å². The number of rotatable bonds is 4. The van der Waals surface area contributed by atoms with Gasteiger partial charge in [0.25, 0.3) is 11.8 Å². The average Bonchev–Trinajstić information content (AvgIpc) is 2.68. The minimum absolute atomic E-state index is 0.00599. The van der Waals surface area contributed by atoms with Crippen LogP contribution in [-0.4, -0.2) is 53.9 Å². The maximum Gasteiger partial charge on any atom is 0.253 e. The predicted molar refractivity (Wildman–Crippen MR) is 105 cm³/mol. The van der Waals surface area contributed by atoms with Gasteiger partial charge in [-0.3, -0.25) is 9.59 Å². The van der Waals surface area contributed by atoms with Gasteiger partial charge in [-0.2, -0.15) is 0 Å². The third kappa shape index (κ3) is 4.67. The van der Waals surface area contributed by atoms with Crippen LogP contribution in [0.2, 0.25) is 0 Å². The Morgan fingerprint density at radius 3 is 1.59 bits per heavy atom. The van der Waals surface area contributed by atoms with Crippen molar-refractivity contribution in [2.45, 2.75) is 26.9 Å². The Kier molecular flexibility index (Phi) is 5.79. The van der Waals surface area contributed by atoms with E-state index in [0.29, 0.717) is 37.3 Å². The van der Waals surface area contributed by atoms with Gasteiger partial charge in [0, 0.05) is 37.3 Å². The molecule has 0 spiro atoms. The van der Waals surface area contributed by atoms with Crippen molar-refractivity contribution in [3.8, 4) is 5.75 Å². The monoisotopic (exact) mass is 366 g/mol. The summed E-state index contributed by atoms with van der Waals surface area (Å²) in [5.41, 5.74) is 2.47. The molecule has 0 N–H and O–H groups in total. The van der Waals surface area contributed by atoms with E-state index in [1.54, 1.807) is 17.0 Å². The maximum atomic E-state index is 12.7. The quantitative estimate of drug-likeness (QED) is 0.833. The molecule has 0 aromatic heterocycles. The largest absolute Gasteiger partial charge is 0.491 e. The number of carbonyl (C=O) groups excluding carboxylic acids is 2. The van der Waals surface area contributed by atoms with Crippen molar-refractivity contribution in [3.05, 3.63) is 65.2 Å². The second-order valence-corrected chi connectivity index (χ2v) is 7.14. The summed E-state index contributed by atoms with van der Waals surface area (Å²) in [6.07, 6.45) is 0.102. The van der Waals surface area contributed by atoms with Crippen LogP contribution in [0, 0.1) is 6.92 Å². The van der Waals surface area contributed by atoms with E-state index in [4.69, 9.17) is 4.74 Å². The smallest absolute Gasteiger partial charge is 0.253 e.